The number of imidazole rings is 1. The summed E-state index contributed by atoms with van der Waals surface area (Å²) in [7, 11) is 0. The Kier molecular flexibility index (Phi) is 3.66. The van der Waals surface area contributed by atoms with Gasteiger partial charge in [0.05, 0.1) is 6.20 Å². The second-order valence-corrected chi connectivity index (χ2v) is 4.60. The summed E-state index contributed by atoms with van der Waals surface area (Å²) >= 11 is 0. The zero-order valence-corrected chi connectivity index (χ0v) is 11.0. The normalized spacial score (nSPS) is 14.4. The van der Waals surface area contributed by atoms with Crippen LogP contribution >= 0.6 is 0 Å². The van der Waals surface area contributed by atoms with Crippen LogP contribution in [0.25, 0.3) is 5.65 Å². The van der Waals surface area contributed by atoms with E-state index in [2.05, 4.69) is 41.5 Å². The van der Waals surface area contributed by atoms with Crippen molar-refractivity contribution >= 4 is 17.3 Å². The summed E-state index contributed by atoms with van der Waals surface area (Å²) in [4.78, 5) is 8.72. The predicted octanol–water partition coefficient (Wildman–Crippen LogP) is 1.86. The Morgan fingerprint density at radius 3 is 2.89 bits per heavy atom. The molecule has 0 bridgehead atoms. The van der Waals surface area contributed by atoms with Crippen molar-refractivity contribution in [3.8, 4) is 0 Å². The van der Waals surface area contributed by atoms with Gasteiger partial charge in [-0.3, -0.25) is 0 Å². The molecule has 0 aliphatic carbocycles. The number of hydrogen-bond acceptors (Lipinski definition) is 5. The first kappa shape index (κ1) is 12.6. The minimum Gasteiger partial charge on any atom is -0.364 e. The lowest BCUT2D eigenvalue weighted by atomic mass is 10.0. The fraction of sp³-hybridized carbons (Fsp3) is 0.500. The third kappa shape index (κ3) is 2.38. The molecule has 2 unspecified atom stereocenters. The summed E-state index contributed by atoms with van der Waals surface area (Å²) in [6.07, 6.45) is 6.54. The highest BCUT2D eigenvalue weighted by Crippen LogP contribution is 2.19. The monoisotopic (exact) mass is 248 g/mol. The van der Waals surface area contributed by atoms with Gasteiger partial charge < -0.3 is 15.1 Å². The molecule has 0 aliphatic heterocycles. The molecule has 0 saturated heterocycles. The number of anilines is 2. The van der Waals surface area contributed by atoms with Gasteiger partial charge in [0, 0.05) is 18.4 Å². The highest BCUT2D eigenvalue weighted by Gasteiger charge is 2.14. The van der Waals surface area contributed by atoms with Crippen molar-refractivity contribution < 1.29 is 0 Å². The lowest BCUT2D eigenvalue weighted by Gasteiger charge is -2.21. The zero-order chi connectivity index (χ0) is 13.1. The minimum atomic E-state index is 0.330. The largest absolute Gasteiger partial charge is 0.364 e. The van der Waals surface area contributed by atoms with Gasteiger partial charge >= 0.3 is 0 Å². The molecule has 0 fully saturated rings. The second-order valence-electron chi connectivity index (χ2n) is 4.60. The van der Waals surface area contributed by atoms with E-state index >= 15 is 0 Å². The number of fused-ring (bicyclic) bond motifs is 1. The number of rotatable bonds is 5. The Hall–Kier alpha value is -1.82. The van der Waals surface area contributed by atoms with Gasteiger partial charge in [0.25, 0.3) is 0 Å². The molecule has 0 saturated carbocycles. The number of aromatic nitrogens is 3. The van der Waals surface area contributed by atoms with Gasteiger partial charge in [-0.15, -0.1) is 0 Å². The molecule has 98 valence electrons. The number of nitrogens with one attached hydrogen (secondary N) is 2. The maximum absolute atomic E-state index is 5.42. The quantitative estimate of drug-likeness (QED) is 0.556. The van der Waals surface area contributed by atoms with E-state index in [0.29, 0.717) is 17.8 Å². The Bertz CT molecular complexity index is 520. The van der Waals surface area contributed by atoms with Gasteiger partial charge in [-0.05, 0) is 12.8 Å². The summed E-state index contributed by atoms with van der Waals surface area (Å²) in [5.74, 6) is 7.35. The third-order valence-corrected chi connectivity index (χ3v) is 3.38. The van der Waals surface area contributed by atoms with Crippen molar-refractivity contribution in [1.82, 2.24) is 14.4 Å². The summed E-state index contributed by atoms with van der Waals surface area (Å²) in [6, 6.07) is 0.330. The van der Waals surface area contributed by atoms with E-state index in [-0.39, 0.29) is 0 Å². The molecule has 0 spiro atoms. The van der Waals surface area contributed by atoms with E-state index in [1.54, 1.807) is 12.4 Å². The summed E-state index contributed by atoms with van der Waals surface area (Å²) in [5, 5.41) is 3.41. The molecule has 0 radical (unpaired) electrons. The molecule has 2 rings (SSSR count). The number of nitrogens with zero attached hydrogens (tertiary/aromatic N) is 3. The van der Waals surface area contributed by atoms with Gasteiger partial charge in [0.1, 0.15) is 0 Å². The van der Waals surface area contributed by atoms with Crippen molar-refractivity contribution in [2.75, 3.05) is 10.7 Å². The first-order valence-electron chi connectivity index (χ1n) is 6.22. The van der Waals surface area contributed by atoms with Crippen molar-refractivity contribution in [1.29, 1.82) is 0 Å². The van der Waals surface area contributed by atoms with Crippen molar-refractivity contribution in [3.05, 3.63) is 18.6 Å². The van der Waals surface area contributed by atoms with Crippen LogP contribution < -0.4 is 16.6 Å². The lowest BCUT2D eigenvalue weighted by molar-refractivity contribution is 0.494. The van der Waals surface area contributed by atoms with Crippen LogP contribution in [-0.2, 0) is 0 Å². The molecule has 0 aliphatic rings. The summed E-state index contributed by atoms with van der Waals surface area (Å²) < 4.78 is 1.90. The number of nitrogen functional groups attached to an aromatic ring is 1. The second kappa shape index (κ2) is 5.22. The van der Waals surface area contributed by atoms with Gasteiger partial charge in [-0.25, -0.2) is 15.8 Å². The highest BCUT2D eigenvalue weighted by molar-refractivity contribution is 5.65. The fourth-order valence-corrected chi connectivity index (χ4v) is 1.81. The topological polar surface area (TPSA) is 80.3 Å². The van der Waals surface area contributed by atoms with Crippen LogP contribution in [0.4, 0.5) is 11.6 Å². The van der Waals surface area contributed by atoms with E-state index in [1.807, 2.05) is 10.6 Å². The zero-order valence-electron chi connectivity index (χ0n) is 11.0. The minimum absolute atomic E-state index is 0.330. The predicted molar refractivity (Wildman–Crippen MR) is 73.3 cm³/mol. The van der Waals surface area contributed by atoms with E-state index in [4.69, 9.17) is 5.84 Å². The van der Waals surface area contributed by atoms with Gasteiger partial charge in [-0.1, -0.05) is 20.3 Å². The average Bonchev–Trinajstić information content (AvgIpc) is 2.85. The maximum atomic E-state index is 5.42. The molecule has 6 nitrogen and oxygen atoms in total. The molecule has 2 aromatic rings. The first-order valence-corrected chi connectivity index (χ1v) is 6.22. The smallest absolute Gasteiger partial charge is 0.180 e. The van der Waals surface area contributed by atoms with Crippen LogP contribution in [0.1, 0.15) is 27.2 Å². The molecular formula is C12H20N6. The standard InChI is InChI=1S/C12H20N6/c1-4-8(2)9(3)15-11-12-14-5-6-18(12)7-10(16-11)17-13/h5-9,17H,4,13H2,1-3H3,(H,15,16). The average molecular weight is 248 g/mol. The van der Waals surface area contributed by atoms with Gasteiger partial charge in [0.2, 0.25) is 0 Å². The maximum Gasteiger partial charge on any atom is 0.180 e. The van der Waals surface area contributed by atoms with Crippen LogP contribution in [0.3, 0.4) is 0 Å². The Morgan fingerprint density at radius 2 is 2.22 bits per heavy atom. The molecule has 2 heterocycles. The molecule has 2 atom stereocenters. The third-order valence-electron chi connectivity index (χ3n) is 3.38. The van der Waals surface area contributed by atoms with E-state index < -0.39 is 0 Å². The fourth-order valence-electron chi connectivity index (χ4n) is 1.81. The van der Waals surface area contributed by atoms with Gasteiger partial charge in [-0.2, -0.15) is 0 Å². The van der Waals surface area contributed by atoms with Crippen LogP contribution in [0.15, 0.2) is 18.6 Å². The lowest BCUT2D eigenvalue weighted by Crippen LogP contribution is -2.24. The van der Waals surface area contributed by atoms with Crippen LogP contribution in [-0.4, -0.2) is 20.4 Å². The van der Waals surface area contributed by atoms with Crippen molar-refractivity contribution in [2.24, 2.45) is 11.8 Å². The molecule has 2 aromatic heterocycles. The number of nitrogens with two attached hydrogens (primary N) is 1. The van der Waals surface area contributed by atoms with Crippen molar-refractivity contribution in [2.45, 2.75) is 33.2 Å². The van der Waals surface area contributed by atoms with Crippen molar-refractivity contribution in [3.63, 3.8) is 0 Å². The van der Waals surface area contributed by atoms with E-state index in [9.17, 15) is 0 Å². The van der Waals surface area contributed by atoms with Crippen LogP contribution in [0.2, 0.25) is 0 Å². The number of hydrazine groups is 1. The Labute approximate surface area is 107 Å². The Morgan fingerprint density at radius 1 is 1.44 bits per heavy atom. The van der Waals surface area contributed by atoms with E-state index in [0.717, 1.165) is 17.9 Å². The molecule has 6 heteroatoms. The van der Waals surface area contributed by atoms with Crippen LogP contribution in [0, 0.1) is 5.92 Å². The molecule has 4 N–H and O–H groups in total. The molecular weight excluding hydrogens is 228 g/mol. The van der Waals surface area contributed by atoms with E-state index in [1.165, 1.54) is 0 Å². The molecule has 0 aromatic carbocycles. The molecule has 18 heavy (non-hydrogen) atoms. The van der Waals surface area contributed by atoms with Crippen LogP contribution in [0.5, 0.6) is 0 Å². The highest BCUT2D eigenvalue weighted by atomic mass is 15.3. The summed E-state index contributed by atoms with van der Waals surface area (Å²) in [6.45, 7) is 6.54. The summed E-state index contributed by atoms with van der Waals surface area (Å²) in [5.41, 5.74) is 3.38. The molecule has 0 amide bonds. The number of hydrogen-bond donors (Lipinski definition) is 3. The SMILES string of the molecule is CCC(C)C(C)Nc1nc(NN)cn2ccnc12. The van der Waals surface area contributed by atoms with Gasteiger partial charge in [0.15, 0.2) is 17.3 Å². The first-order chi connectivity index (χ1) is 8.65. The Balaban J connectivity index is 2.33.